The molecule has 0 aromatic heterocycles. The van der Waals surface area contributed by atoms with Gasteiger partial charge in [0.1, 0.15) is 5.60 Å². The van der Waals surface area contributed by atoms with Crippen molar-refractivity contribution in [2.45, 2.75) is 78.0 Å². The SMILES string of the molecule is CCCC(O)CNC(C)C1CCCN(C(=O)OC(C)(C)C)C1. The summed E-state index contributed by atoms with van der Waals surface area (Å²) >= 11 is 0. The zero-order valence-corrected chi connectivity index (χ0v) is 14.9. The van der Waals surface area contributed by atoms with E-state index >= 15 is 0 Å². The lowest BCUT2D eigenvalue weighted by Gasteiger charge is -2.37. The fourth-order valence-electron chi connectivity index (χ4n) is 2.83. The molecular weight excluding hydrogens is 280 g/mol. The highest BCUT2D eigenvalue weighted by Crippen LogP contribution is 2.22. The Labute approximate surface area is 135 Å². The molecule has 0 spiro atoms. The summed E-state index contributed by atoms with van der Waals surface area (Å²) in [5.41, 5.74) is -0.446. The summed E-state index contributed by atoms with van der Waals surface area (Å²) in [6.07, 6.45) is 3.44. The van der Waals surface area contributed by atoms with Crippen molar-refractivity contribution in [3.63, 3.8) is 0 Å². The van der Waals surface area contributed by atoms with Crippen LogP contribution in [0.15, 0.2) is 0 Å². The maximum atomic E-state index is 12.2. The standard InChI is InChI=1S/C17H34N2O3/c1-6-8-15(20)11-18-13(2)14-9-7-10-19(12-14)16(21)22-17(3,4)5/h13-15,18,20H,6-12H2,1-5H3. The molecule has 0 bridgehead atoms. The highest BCUT2D eigenvalue weighted by Gasteiger charge is 2.30. The van der Waals surface area contributed by atoms with Gasteiger partial charge in [-0.05, 0) is 52.9 Å². The van der Waals surface area contributed by atoms with E-state index in [0.717, 1.165) is 38.8 Å². The molecular formula is C17H34N2O3. The maximum absolute atomic E-state index is 12.2. The van der Waals surface area contributed by atoms with E-state index < -0.39 is 5.60 Å². The van der Waals surface area contributed by atoms with E-state index in [0.29, 0.717) is 12.5 Å². The molecule has 0 aromatic carbocycles. The van der Waals surface area contributed by atoms with Crippen molar-refractivity contribution in [2.75, 3.05) is 19.6 Å². The van der Waals surface area contributed by atoms with Gasteiger partial charge in [0.05, 0.1) is 6.10 Å². The van der Waals surface area contributed by atoms with Crippen molar-refractivity contribution in [3.05, 3.63) is 0 Å². The average Bonchev–Trinajstić information content (AvgIpc) is 2.43. The van der Waals surface area contributed by atoms with Crippen LogP contribution < -0.4 is 5.32 Å². The van der Waals surface area contributed by atoms with Gasteiger partial charge in [-0.1, -0.05) is 13.3 Å². The number of rotatable bonds is 6. The lowest BCUT2D eigenvalue weighted by atomic mass is 9.91. The topological polar surface area (TPSA) is 61.8 Å². The highest BCUT2D eigenvalue weighted by atomic mass is 16.6. The number of hydrogen-bond donors (Lipinski definition) is 2. The molecule has 2 N–H and O–H groups in total. The van der Waals surface area contributed by atoms with Crippen LogP contribution in [0.25, 0.3) is 0 Å². The van der Waals surface area contributed by atoms with Crippen molar-refractivity contribution in [1.29, 1.82) is 0 Å². The second kappa shape index (κ2) is 8.73. The molecule has 130 valence electrons. The zero-order chi connectivity index (χ0) is 16.8. The molecule has 5 heteroatoms. The van der Waals surface area contributed by atoms with Crippen molar-refractivity contribution in [1.82, 2.24) is 10.2 Å². The summed E-state index contributed by atoms with van der Waals surface area (Å²) in [4.78, 5) is 14.0. The fourth-order valence-corrected chi connectivity index (χ4v) is 2.83. The molecule has 22 heavy (non-hydrogen) atoms. The molecule has 1 saturated heterocycles. The van der Waals surface area contributed by atoms with Gasteiger partial charge in [0.2, 0.25) is 0 Å². The third-order valence-corrected chi connectivity index (χ3v) is 4.11. The van der Waals surface area contributed by atoms with E-state index in [1.165, 1.54) is 0 Å². The Hall–Kier alpha value is -0.810. The molecule has 1 rings (SSSR count). The molecule has 1 heterocycles. The number of likely N-dealkylation sites (tertiary alicyclic amines) is 1. The first-order chi connectivity index (χ1) is 10.2. The Balaban J connectivity index is 2.43. The predicted octanol–water partition coefficient (Wildman–Crippen LogP) is 2.77. The van der Waals surface area contributed by atoms with Crippen LogP contribution in [0, 0.1) is 5.92 Å². The van der Waals surface area contributed by atoms with Gasteiger partial charge in [-0.2, -0.15) is 0 Å². The van der Waals surface area contributed by atoms with E-state index in [9.17, 15) is 9.90 Å². The summed E-state index contributed by atoms with van der Waals surface area (Å²) in [6.45, 7) is 12.0. The number of nitrogens with one attached hydrogen (secondary N) is 1. The van der Waals surface area contributed by atoms with Gasteiger partial charge in [0, 0.05) is 25.7 Å². The van der Waals surface area contributed by atoms with Gasteiger partial charge in [0.25, 0.3) is 0 Å². The summed E-state index contributed by atoms with van der Waals surface area (Å²) in [6, 6.07) is 0.289. The van der Waals surface area contributed by atoms with Crippen LogP contribution in [0.3, 0.4) is 0 Å². The normalized spacial score (nSPS) is 22.3. The first-order valence-electron chi connectivity index (χ1n) is 8.62. The lowest BCUT2D eigenvalue weighted by molar-refractivity contribution is 0.0145. The lowest BCUT2D eigenvalue weighted by Crippen LogP contribution is -2.48. The molecule has 1 aliphatic rings. The summed E-state index contributed by atoms with van der Waals surface area (Å²) in [7, 11) is 0. The van der Waals surface area contributed by atoms with Gasteiger partial charge in [0.15, 0.2) is 0 Å². The number of nitrogens with zero attached hydrogens (tertiary/aromatic N) is 1. The Kier molecular flexibility index (Phi) is 7.63. The van der Waals surface area contributed by atoms with Crippen LogP contribution in [0.1, 0.15) is 60.3 Å². The quantitative estimate of drug-likeness (QED) is 0.791. The largest absolute Gasteiger partial charge is 0.444 e. The molecule has 3 unspecified atom stereocenters. The van der Waals surface area contributed by atoms with Gasteiger partial charge in [-0.15, -0.1) is 0 Å². The van der Waals surface area contributed by atoms with Gasteiger partial charge in [-0.3, -0.25) is 0 Å². The average molecular weight is 314 g/mol. The summed E-state index contributed by atoms with van der Waals surface area (Å²) in [5, 5.41) is 13.2. The predicted molar refractivity (Wildman–Crippen MR) is 88.9 cm³/mol. The van der Waals surface area contributed by atoms with Crippen LogP contribution in [0.4, 0.5) is 4.79 Å². The second-order valence-electron chi connectivity index (χ2n) is 7.47. The number of piperidine rings is 1. The van der Waals surface area contributed by atoms with Crippen LogP contribution in [0.2, 0.25) is 0 Å². The van der Waals surface area contributed by atoms with Gasteiger partial charge >= 0.3 is 6.09 Å². The van der Waals surface area contributed by atoms with Crippen molar-refractivity contribution >= 4 is 6.09 Å². The number of amides is 1. The molecule has 5 nitrogen and oxygen atoms in total. The fraction of sp³-hybridized carbons (Fsp3) is 0.941. The minimum atomic E-state index is -0.446. The number of aliphatic hydroxyl groups is 1. The van der Waals surface area contributed by atoms with Crippen LogP contribution in [-0.4, -0.2) is 53.5 Å². The Morgan fingerprint density at radius 3 is 2.73 bits per heavy atom. The highest BCUT2D eigenvalue weighted by molar-refractivity contribution is 5.68. The Morgan fingerprint density at radius 1 is 1.45 bits per heavy atom. The monoisotopic (exact) mass is 314 g/mol. The molecule has 0 saturated carbocycles. The van der Waals surface area contributed by atoms with E-state index in [1.54, 1.807) is 0 Å². The first kappa shape index (κ1) is 19.2. The molecule has 1 aliphatic heterocycles. The number of aliphatic hydroxyl groups excluding tert-OH is 1. The van der Waals surface area contributed by atoms with E-state index in [1.807, 2.05) is 25.7 Å². The smallest absolute Gasteiger partial charge is 0.410 e. The van der Waals surface area contributed by atoms with Crippen molar-refractivity contribution < 1.29 is 14.6 Å². The summed E-state index contributed by atoms with van der Waals surface area (Å²) in [5.74, 6) is 0.412. The van der Waals surface area contributed by atoms with Crippen LogP contribution in [-0.2, 0) is 4.74 Å². The zero-order valence-electron chi connectivity index (χ0n) is 14.9. The van der Waals surface area contributed by atoms with Crippen molar-refractivity contribution in [2.24, 2.45) is 5.92 Å². The summed E-state index contributed by atoms with van der Waals surface area (Å²) < 4.78 is 5.46. The van der Waals surface area contributed by atoms with Crippen LogP contribution >= 0.6 is 0 Å². The molecule has 1 amide bonds. The number of carbonyl (C=O) groups excluding carboxylic acids is 1. The van der Waals surface area contributed by atoms with E-state index in [2.05, 4.69) is 19.2 Å². The minimum Gasteiger partial charge on any atom is -0.444 e. The first-order valence-corrected chi connectivity index (χ1v) is 8.62. The molecule has 3 atom stereocenters. The third kappa shape index (κ3) is 6.97. The Morgan fingerprint density at radius 2 is 2.14 bits per heavy atom. The second-order valence-corrected chi connectivity index (χ2v) is 7.47. The molecule has 0 aromatic rings. The maximum Gasteiger partial charge on any atom is 0.410 e. The number of ether oxygens (including phenoxy) is 1. The van der Waals surface area contributed by atoms with E-state index in [4.69, 9.17) is 4.74 Å². The molecule has 0 aliphatic carbocycles. The number of hydrogen-bond acceptors (Lipinski definition) is 4. The van der Waals surface area contributed by atoms with Gasteiger partial charge < -0.3 is 20.1 Å². The Bertz CT molecular complexity index is 341. The minimum absolute atomic E-state index is 0.213. The molecule has 0 radical (unpaired) electrons. The molecule has 1 fully saturated rings. The van der Waals surface area contributed by atoms with Gasteiger partial charge in [-0.25, -0.2) is 4.79 Å². The van der Waals surface area contributed by atoms with Crippen molar-refractivity contribution in [3.8, 4) is 0 Å². The third-order valence-electron chi connectivity index (χ3n) is 4.11. The van der Waals surface area contributed by atoms with Crippen LogP contribution in [0.5, 0.6) is 0 Å². The number of carbonyl (C=O) groups is 1. The van der Waals surface area contributed by atoms with E-state index in [-0.39, 0.29) is 18.2 Å².